The van der Waals surface area contributed by atoms with E-state index in [4.69, 9.17) is 0 Å². The Bertz CT molecular complexity index is 853. The van der Waals surface area contributed by atoms with Gasteiger partial charge >= 0.3 is 0 Å². The maximum Gasteiger partial charge on any atom is 0.229 e. The molecule has 0 aliphatic carbocycles. The Morgan fingerprint density at radius 2 is 2.14 bits per heavy atom. The monoisotopic (exact) mass is 321 g/mol. The summed E-state index contributed by atoms with van der Waals surface area (Å²) in [7, 11) is -3.36. The third-order valence-corrected chi connectivity index (χ3v) is 4.18. The van der Waals surface area contributed by atoms with Crippen LogP contribution in [0.2, 0.25) is 0 Å². The van der Waals surface area contributed by atoms with Crippen LogP contribution in [0.25, 0.3) is 11.2 Å². The van der Waals surface area contributed by atoms with Crippen molar-refractivity contribution < 1.29 is 8.42 Å². The first kappa shape index (κ1) is 14.8. The van der Waals surface area contributed by atoms with E-state index in [2.05, 4.69) is 26.5 Å². The number of aromatic nitrogens is 3. The Hall–Kier alpha value is -2.09. The van der Waals surface area contributed by atoms with Gasteiger partial charge < -0.3 is 4.90 Å². The molecule has 8 heteroatoms. The van der Waals surface area contributed by atoms with Crippen LogP contribution in [0.1, 0.15) is 26.0 Å². The number of fused-ring (bicyclic) bond motifs is 3. The van der Waals surface area contributed by atoms with E-state index in [0.717, 1.165) is 36.1 Å². The highest BCUT2D eigenvalue weighted by Crippen LogP contribution is 2.32. The molecule has 0 radical (unpaired) electrons. The predicted molar refractivity (Wildman–Crippen MR) is 86.1 cm³/mol. The summed E-state index contributed by atoms with van der Waals surface area (Å²) in [6, 6.07) is 0. The minimum Gasteiger partial charge on any atom is -0.352 e. The standard InChI is InChI=1S/C14H19N5O2S/c1-4-5-18-8-10(2)12(17-22(3,20)21)13-14(18)19-9-15-6-11(19)7-16-13/h6-7,9,17H,4-5,8H2,1-3H3. The third kappa shape index (κ3) is 2.54. The van der Waals surface area contributed by atoms with Gasteiger partial charge in [-0.15, -0.1) is 0 Å². The lowest BCUT2D eigenvalue weighted by molar-refractivity contribution is 0.597. The Balaban J connectivity index is 2.23. The van der Waals surface area contributed by atoms with E-state index in [1.165, 1.54) is 0 Å². The van der Waals surface area contributed by atoms with Gasteiger partial charge in [-0.2, -0.15) is 0 Å². The molecule has 0 spiro atoms. The van der Waals surface area contributed by atoms with Crippen molar-refractivity contribution in [2.75, 3.05) is 24.2 Å². The molecular formula is C14H19N5O2S. The minimum atomic E-state index is -3.36. The second-order valence-electron chi connectivity index (χ2n) is 5.57. The average Bonchev–Trinajstić information content (AvgIpc) is 2.89. The van der Waals surface area contributed by atoms with E-state index >= 15 is 0 Å². The quantitative estimate of drug-likeness (QED) is 0.916. The number of rotatable bonds is 4. The van der Waals surface area contributed by atoms with Gasteiger partial charge in [-0.05, 0) is 18.9 Å². The first-order valence-electron chi connectivity index (χ1n) is 7.14. The Morgan fingerprint density at radius 3 is 2.82 bits per heavy atom. The van der Waals surface area contributed by atoms with Gasteiger partial charge in [0.05, 0.1) is 29.9 Å². The zero-order valence-electron chi connectivity index (χ0n) is 12.9. The highest BCUT2D eigenvalue weighted by Gasteiger charge is 2.27. The van der Waals surface area contributed by atoms with Gasteiger partial charge in [-0.25, -0.2) is 18.4 Å². The molecule has 1 N–H and O–H groups in total. The molecule has 2 aromatic heterocycles. The molecule has 7 nitrogen and oxygen atoms in total. The maximum absolute atomic E-state index is 11.7. The number of nitrogens with zero attached hydrogens (tertiary/aromatic N) is 4. The largest absolute Gasteiger partial charge is 0.352 e. The Kier molecular flexibility index (Phi) is 3.56. The summed E-state index contributed by atoms with van der Waals surface area (Å²) >= 11 is 0. The third-order valence-electron chi connectivity index (χ3n) is 3.61. The molecular weight excluding hydrogens is 302 g/mol. The van der Waals surface area contributed by atoms with Gasteiger partial charge in [0.2, 0.25) is 10.0 Å². The summed E-state index contributed by atoms with van der Waals surface area (Å²) < 4.78 is 27.9. The molecule has 0 saturated heterocycles. The lowest BCUT2D eigenvalue weighted by atomic mass is 10.1. The van der Waals surface area contributed by atoms with Crippen molar-refractivity contribution in [3.63, 3.8) is 0 Å². The van der Waals surface area contributed by atoms with E-state index in [9.17, 15) is 8.42 Å². The predicted octanol–water partition coefficient (Wildman–Crippen LogP) is 1.24. The van der Waals surface area contributed by atoms with Crippen LogP contribution < -0.4 is 9.62 Å². The molecule has 0 amide bonds. The molecule has 1 aliphatic rings. The van der Waals surface area contributed by atoms with E-state index in [1.807, 2.05) is 11.3 Å². The summed E-state index contributed by atoms with van der Waals surface area (Å²) in [6.07, 6.45) is 7.33. The molecule has 1 aliphatic heterocycles. The molecule has 3 rings (SSSR count). The lowest BCUT2D eigenvalue weighted by Gasteiger charge is -2.33. The number of sulfonamides is 1. The molecule has 3 heterocycles. The van der Waals surface area contributed by atoms with Gasteiger partial charge in [0.15, 0.2) is 0 Å². The number of hydrogen-bond acceptors (Lipinski definition) is 5. The summed E-state index contributed by atoms with van der Waals surface area (Å²) in [5.74, 6) is 0.883. The van der Waals surface area contributed by atoms with Gasteiger partial charge in [0.1, 0.15) is 17.8 Å². The topological polar surface area (TPSA) is 79.6 Å². The fourth-order valence-corrected chi connectivity index (χ4v) is 3.42. The van der Waals surface area contributed by atoms with E-state index in [-0.39, 0.29) is 0 Å². The fraction of sp³-hybridized carbons (Fsp3) is 0.429. The molecule has 22 heavy (non-hydrogen) atoms. The average molecular weight is 321 g/mol. The molecule has 2 aromatic rings. The van der Waals surface area contributed by atoms with E-state index in [1.54, 1.807) is 18.7 Å². The molecule has 118 valence electrons. The van der Waals surface area contributed by atoms with Crippen LogP contribution in [-0.2, 0) is 10.0 Å². The number of imidazole rings is 1. The zero-order valence-corrected chi connectivity index (χ0v) is 13.7. The fourth-order valence-electron chi connectivity index (χ4n) is 2.78. The zero-order chi connectivity index (χ0) is 15.9. The van der Waals surface area contributed by atoms with Crippen LogP contribution in [0.4, 0.5) is 5.82 Å². The number of hydrogen-bond donors (Lipinski definition) is 1. The number of nitrogens with one attached hydrogen (secondary N) is 1. The SMILES string of the molecule is CCCN1CC(C)=C(NS(C)(=O)=O)c2ncc3cncn3c21. The van der Waals surface area contributed by atoms with Crippen LogP contribution in [0.3, 0.4) is 0 Å². The van der Waals surface area contributed by atoms with Gasteiger partial charge in [-0.3, -0.25) is 9.12 Å². The maximum atomic E-state index is 11.7. The van der Waals surface area contributed by atoms with Crippen molar-refractivity contribution >= 4 is 27.1 Å². The summed E-state index contributed by atoms with van der Waals surface area (Å²) in [6.45, 7) is 5.58. The normalized spacial score (nSPS) is 15.3. The van der Waals surface area contributed by atoms with E-state index in [0.29, 0.717) is 17.9 Å². The highest BCUT2D eigenvalue weighted by molar-refractivity contribution is 7.89. The van der Waals surface area contributed by atoms with Gasteiger partial charge in [-0.1, -0.05) is 6.92 Å². The summed E-state index contributed by atoms with van der Waals surface area (Å²) in [5, 5.41) is 0. The van der Waals surface area contributed by atoms with Crippen LogP contribution in [0.5, 0.6) is 0 Å². The molecule has 0 atom stereocenters. The van der Waals surface area contributed by atoms with Crippen LogP contribution >= 0.6 is 0 Å². The summed E-state index contributed by atoms with van der Waals surface area (Å²) in [4.78, 5) is 10.9. The van der Waals surface area contributed by atoms with Crippen molar-refractivity contribution in [1.82, 2.24) is 19.1 Å². The smallest absolute Gasteiger partial charge is 0.229 e. The second kappa shape index (κ2) is 5.28. The van der Waals surface area contributed by atoms with Crippen molar-refractivity contribution in [2.45, 2.75) is 20.3 Å². The van der Waals surface area contributed by atoms with Crippen LogP contribution in [0, 0.1) is 0 Å². The minimum absolute atomic E-state index is 0.570. The van der Waals surface area contributed by atoms with Crippen molar-refractivity contribution in [3.8, 4) is 0 Å². The first-order chi connectivity index (χ1) is 10.4. The van der Waals surface area contributed by atoms with Crippen molar-refractivity contribution in [3.05, 3.63) is 30.0 Å². The van der Waals surface area contributed by atoms with Crippen LogP contribution in [-0.4, -0.2) is 42.1 Å². The molecule has 0 aromatic carbocycles. The number of anilines is 1. The molecule has 0 saturated carbocycles. The van der Waals surface area contributed by atoms with Crippen molar-refractivity contribution in [2.24, 2.45) is 0 Å². The lowest BCUT2D eigenvalue weighted by Crippen LogP contribution is -2.36. The Morgan fingerprint density at radius 1 is 1.36 bits per heavy atom. The van der Waals surface area contributed by atoms with Gasteiger partial charge in [0.25, 0.3) is 0 Å². The van der Waals surface area contributed by atoms with Crippen molar-refractivity contribution in [1.29, 1.82) is 0 Å². The van der Waals surface area contributed by atoms with Crippen LogP contribution in [0.15, 0.2) is 24.3 Å². The highest BCUT2D eigenvalue weighted by atomic mass is 32.2. The Labute approximate surface area is 129 Å². The molecule has 0 unspecified atom stereocenters. The first-order valence-corrected chi connectivity index (χ1v) is 9.03. The molecule has 0 fully saturated rings. The summed E-state index contributed by atoms with van der Waals surface area (Å²) in [5.41, 5.74) is 3.06. The van der Waals surface area contributed by atoms with E-state index < -0.39 is 10.0 Å². The molecule has 0 bridgehead atoms. The second-order valence-corrected chi connectivity index (χ2v) is 7.32. The van der Waals surface area contributed by atoms with Gasteiger partial charge in [0, 0.05) is 13.1 Å².